The molecular weight excluding hydrogens is 379 g/mol. The van der Waals surface area contributed by atoms with Crippen molar-refractivity contribution in [2.75, 3.05) is 13.1 Å². The molecule has 2 aliphatic heterocycles. The van der Waals surface area contributed by atoms with E-state index >= 15 is 0 Å². The van der Waals surface area contributed by atoms with Crippen LogP contribution < -0.4 is 5.32 Å². The van der Waals surface area contributed by atoms with Crippen LogP contribution in [0.15, 0.2) is 17.6 Å². The number of fused-ring (bicyclic) bond motifs is 2. The number of aromatic nitrogens is 2. The molecular formula is C17H24Cl2N4OS. The molecule has 2 aliphatic rings. The van der Waals surface area contributed by atoms with Gasteiger partial charge in [0.15, 0.2) is 5.13 Å². The van der Waals surface area contributed by atoms with E-state index < -0.39 is 0 Å². The topological polar surface area (TPSA) is 50.2 Å². The average molecular weight is 403 g/mol. The summed E-state index contributed by atoms with van der Waals surface area (Å²) in [6.45, 7) is 6.01. The minimum Gasteiger partial charge on any atom is -0.331 e. The van der Waals surface area contributed by atoms with E-state index in [9.17, 15) is 4.79 Å². The lowest BCUT2D eigenvalue weighted by Crippen LogP contribution is -2.42. The van der Waals surface area contributed by atoms with Gasteiger partial charge >= 0.3 is 0 Å². The van der Waals surface area contributed by atoms with Crippen LogP contribution in [-0.4, -0.2) is 45.5 Å². The Bertz CT molecular complexity index is 717. The van der Waals surface area contributed by atoms with Gasteiger partial charge < -0.3 is 10.2 Å². The third-order valence-electron chi connectivity index (χ3n) is 5.16. The minimum absolute atomic E-state index is 0. The number of nitrogens with zero attached hydrogens (tertiary/aromatic N) is 3. The summed E-state index contributed by atoms with van der Waals surface area (Å²) in [4.78, 5) is 19.8. The molecule has 8 heteroatoms. The Hall–Kier alpha value is -1.08. The summed E-state index contributed by atoms with van der Waals surface area (Å²) in [5, 5.41) is 6.36. The van der Waals surface area contributed by atoms with E-state index in [-0.39, 0.29) is 30.7 Å². The Kier molecular flexibility index (Phi) is 6.54. The van der Waals surface area contributed by atoms with Crippen LogP contribution in [0.4, 0.5) is 0 Å². The van der Waals surface area contributed by atoms with Crippen molar-refractivity contribution in [1.82, 2.24) is 19.8 Å². The molecule has 138 valence electrons. The SMILES string of the molecule is Cc1cc(C(=O)N2C3CCNCC2CC3)c(C)n1-c1nccs1.Cl.Cl. The summed E-state index contributed by atoms with van der Waals surface area (Å²) < 4.78 is 2.09. The van der Waals surface area contributed by atoms with Gasteiger partial charge in [0.2, 0.25) is 0 Å². The Morgan fingerprint density at radius 3 is 2.72 bits per heavy atom. The van der Waals surface area contributed by atoms with Crippen LogP contribution in [0.5, 0.6) is 0 Å². The number of rotatable bonds is 2. The number of carbonyl (C=O) groups excluding carboxylic acids is 1. The fraction of sp³-hybridized carbons (Fsp3) is 0.529. The fourth-order valence-electron chi connectivity index (χ4n) is 4.05. The molecule has 0 aromatic carbocycles. The van der Waals surface area contributed by atoms with Crippen molar-refractivity contribution in [1.29, 1.82) is 0 Å². The van der Waals surface area contributed by atoms with Crippen molar-refractivity contribution >= 4 is 42.1 Å². The second-order valence-electron chi connectivity index (χ2n) is 6.53. The summed E-state index contributed by atoms with van der Waals surface area (Å²) >= 11 is 1.60. The van der Waals surface area contributed by atoms with Crippen LogP contribution in [0.2, 0.25) is 0 Å². The molecule has 25 heavy (non-hydrogen) atoms. The third kappa shape index (κ3) is 3.45. The number of halogens is 2. The maximum Gasteiger partial charge on any atom is 0.256 e. The van der Waals surface area contributed by atoms with E-state index in [1.54, 1.807) is 17.5 Å². The van der Waals surface area contributed by atoms with Gasteiger partial charge in [0, 0.05) is 41.6 Å². The molecule has 0 spiro atoms. The zero-order valence-electron chi connectivity index (χ0n) is 14.4. The van der Waals surface area contributed by atoms with Gasteiger partial charge in [0.25, 0.3) is 5.91 Å². The molecule has 2 bridgehead atoms. The molecule has 5 nitrogen and oxygen atoms in total. The zero-order chi connectivity index (χ0) is 16.0. The van der Waals surface area contributed by atoms with Gasteiger partial charge in [-0.3, -0.25) is 9.36 Å². The molecule has 0 radical (unpaired) electrons. The second kappa shape index (κ2) is 8.08. The normalized spacial score (nSPS) is 22.1. The van der Waals surface area contributed by atoms with Gasteiger partial charge in [0.1, 0.15) is 0 Å². The van der Waals surface area contributed by atoms with E-state index in [0.29, 0.717) is 12.1 Å². The minimum atomic E-state index is 0. The van der Waals surface area contributed by atoms with Crippen LogP contribution in [0.3, 0.4) is 0 Å². The average Bonchev–Trinajstić information content (AvgIpc) is 3.17. The van der Waals surface area contributed by atoms with Crippen molar-refractivity contribution in [3.63, 3.8) is 0 Å². The number of nitrogens with one attached hydrogen (secondary N) is 1. The van der Waals surface area contributed by atoms with Gasteiger partial charge in [0.05, 0.1) is 5.56 Å². The lowest BCUT2D eigenvalue weighted by atomic mass is 10.1. The van der Waals surface area contributed by atoms with Crippen LogP contribution >= 0.6 is 36.2 Å². The van der Waals surface area contributed by atoms with E-state index in [2.05, 4.69) is 19.8 Å². The van der Waals surface area contributed by atoms with E-state index in [1.165, 1.54) is 0 Å². The molecule has 2 atom stereocenters. The summed E-state index contributed by atoms with van der Waals surface area (Å²) in [6.07, 6.45) is 5.13. The van der Waals surface area contributed by atoms with Crippen molar-refractivity contribution in [3.05, 3.63) is 34.6 Å². The smallest absolute Gasteiger partial charge is 0.256 e. The summed E-state index contributed by atoms with van der Waals surface area (Å²) in [6, 6.07) is 2.76. The first-order valence-corrected chi connectivity index (χ1v) is 9.17. The molecule has 0 aliphatic carbocycles. The quantitative estimate of drug-likeness (QED) is 0.837. The summed E-state index contributed by atoms with van der Waals surface area (Å²) in [7, 11) is 0. The molecule has 2 aromatic rings. The second-order valence-corrected chi connectivity index (χ2v) is 7.40. The predicted molar refractivity (Wildman–Crippen MR) is 106 cm³/mol. The van der Waals surface area contributed by atoms with Crippen LogP contribution in [0, 0.1) is 13.8 Å². The Morgan fingerprint density at radius 1 is 1.24 bits per heavy atom. The van der Waals surface area contributed by atoms with Crippen molar-refractivity contribution < 1.29 is 4.79 Å². The molecule has 2 aromatic heterocycles. The van der Waals surface area contributed by atoms with E-state index in [0.717, 1.165) is 54.4 Å². The number of amides is 1. The highest BCUT2D eigenvalue weighted by Crippen LogP contribution is 2.31. The maximum atomic E-state index is 13.2. The molecule has 1 N–H and O–H groups in total. The summed E-state index contributed by atoms with van der Waals surface area (Å²) in [5.41, 5.74) is 2.90. The van der Waals surface area contributed by atoms with Gasteiger partial charge in [-0.15, -0.1) is 36.2 Å². The van der Waals surface area contributed by atoms with Crippen LogP contribution in [0.1, 0.15) is 41.0 Å². The van der Waals surface area contributed by atoms with Crippen LogP contribution in [0.25, 0.3) is 5.13 Å². The van der Waals surface area contributed by atoms with Gasteiger partial charge in [-0.05, 0) is 45.7 Å². The lowest BCUT2D eigenvalue weighted by Gasteiger charge is -2.28. The van der Waals surface area contributed by atoms with E-state index in [4.69, 9.17) is 0 Å². The highest BCUT2D eigenvalue weighted by molar-refractivity contribution is 7.12. The highest BCUT2D eigenvalue weighted by Gasteiger charge is 2.39. The van der Waals surface area contributed by atoms with E-state index in [1.807, 2.05) is 25.3 Å². The highest BCUT2D eigenvalue weighted by atomic mass is 35.5. The standard InChI is InChI=1S/C17H22N4OS.2ClH/c1-11-9-15(12(2)20(11)17-19-7-8-23-17)16(22)21-13-3-4-14(21)10-18-6-5-13;;/h7-9,13-14,18H,3-6,10H2,1-2H3;2*1H. The number of carbonyl (C=O) groups is 1. The van der Waals surface area contributed by atoms with Gasteiger partial charge in [-0.1, -0.05) is 0 Å². The van der Waals surface area contributed by atoms with Crippen LogP contribution in [-0.2, 0) is 0 Å². The number of hydrogen-bond donors (Lipinski definition) is 1. The first-order chi connectivity index (χ1) is 11.2. The molecule has 2 unspecified atom stereocenters. The largest absolute Gasteiger partial charge is 0.331 e. The molecule has 2 fully saturated rings. The number of aryl methyl sites for hydroxylation is 1. The number of thiazole rings is 1. The Balaban J connectivity index is 0.00000113. The Labute approximate surface area is 164 Å². The Morgan fingerprint density at radius 2 is 2.00 bits per heavy atom. The molecule has 4 heterocycles. The third-order valence-corrected chi connectivity index (χ3v) is 5.92. The van der Waals surface area contributed by atoms with Crippen molar-refractivity contribution in [3.8, 4) is 5.13 Å². The lowest BCUT2D eigenvalue weighted by molar-refractivity contribution is 0.0679. The number of hydrogen-bond acceptors (Lipinski definition) is 4. The molecule has 1 amide bonds. The summed E-state index contributed by atoms with van der Waals surface area (Å²) in [5.74, 6) is 0.192. The monoisotopic (exact) mass is 402 g/mol. The first-order valence-electron chi connectivity index (χ1n) is 8.29. The molecule has 2 saturated heterocycles. The molecule has 4 rings (SSSR count). The van der Waals surface area contributed by atoms with Crippen molar-refractivity contribution in [2.45, 2.75) is 45.2 Å². The fourth-order valence-corrected chi connectivity index (χ4v) is 4.80. The first kappa shape index (κ1) is 20.2. The predicted octanol–water partition coefficient (Wildman–Crippen LogP) is 3.36. The maximum absolute atomic E-state index is 13.2. The zero-order valence-corrected chi connectivity index (χ0v) is 16.8. The van der Waals surface area contributed by atoms with Gasteiger partial charge in [-0.25, -0.2) is 4.98 Å². The molecule has 0 saturated carbocycles. The van der Waals surface area contributed by atoms with Gasteiger partial charge in [-0.2, -0.15) is 0 Å². The van der Waals surface area contributed by atoms with Crippen molar-refractivity contribution in [2.24, 2.45) is 0 Å².